The van der Waals surface area contributed by atoms with Crippen LogP contribution < -0.4 is 10.2 Å². The first-order valence-corrected chi connectivity index (χ1v) is 14.4. The van der Waals surface area contributed by atoms with Crippen molar-refractivity contribution in [1.82, 2.24) is 4.90 Å². The van der Waals surface area contributed by atoms with Gasteiger partial charge in [-0.25, -0.2) is 0 Å². The summed E-state index contributed by atoms with van der Waals surface area (Å²) >= 11 is 0. The number of hydrogen-bond acceptors (Lipinski definition) is 6. The summed E-state index contributed by atoms with van der Waals surface area (Å²) in [4.78, 5) is 45.2. The van der Waals surface area contributed by atoms with Gasteiger partial charge in [0.15, 0.2) is 0 Å². The summed E-state index contributed by atoms with van der Waals surface area (Å²) < 4.78 is 5.42. The highest BCUT2D eigenvalue weighted by atomic mass is 16.5. The summed E-state index contributed by atoms with van der Waals surface area (Å²) in [7, 11) is 0. The fourth-order valence-electron chi connectivity index (χ4n) is 6.32. The molecule has 6 atom stereocenters. The maximum Gasteiger partial charge on any atom is 0.310 e. The molecule has 0 radical (unpaired) electrons. The number of aliphatic hydroxyl groups excluding tert-OH is 1. The first-order valence-electron chi connectivity index (χ1n) is 14.4. The van der Waals surface area contributed by atoms with Gasteiger partial charge in [0.05, 0.1) is 31.1 Å². The highest BCUT2D eigenvalue weighted by Gasteiger charge is 2.59. The zero-order chi connectivity index (χ0) is 28.8. The summed E-state index contributed by atoms with van der Waals surface area (Å²) in [6.07, 6.45) is 4.53. The second kappa shape index (κ2) is 13.1. The van der Waals surface area contributed by atoms with Crippen molar-refractivity contribution < 1.29 is 24.2 Å². The van der Waals surface area contributed by atoms with Crippen LogP contribution in [0.25, 0.3) is 0 Å². The molecule has 8 nitrogen and oxygen atoms in total. The fraction of sp³-hybridized carbons (Fsp3) is 0.469. The third kappa shape index (κ3) is 5.63. The van der Waals surface area contributed by atoms with Gasteiger partial charge in [-0.3, -0.25) is 14.4 Å². The van der Waals surface area contributed by atoms with Gasteiger partial charge in [0.2, 0.25) is 11.8 Å². The molecule has 0 aromatic heterocycles. The van der Waals surface area contributed by atoms with Gasteiger partial charge in [-0.1, -0.05) is 49.4 Å². The number of fused-ring (bicyclic) bond motifs is 1. The minimum Gasteiger partial charge on any atom is -0.466 e. The van der Waals surface area contributed by atoms with Crippen LogP contribution in [0.4, 0.5) is 11.4 Å². The van der Waals surface area contributed by atoms with Crippen LogP contribution >= 0.6 is 0 Å². The first kappa shape index (κ1) is 29.3. The lowest BCUT2D eigenvalue weighted by Gasteiger charge is -2.34. The number of carbonyl (C=O) groups excluding carboxylic acids is 3. The van der Waals surface area contributed by atoms with Crippen molar-refractivity contribution in [3.8, 4) is 0 Å². The normalized spacial score (nSPS) is 24.4. The van der Waals surface area contributed by atoms with Crippen molar-refractivity contribution in [3.05, 3.63) is 72.3 Å². The summed E-state index contributed by atoms with van der Waals surface area (Å²) in [5, 5.41) is 13.5. The highest BCUT2D eigenvalue weighted by Crippen LogP contribution is 2.48. The minimum atomic E-state index is -0.914. The molecule has 0 spiro atoms. The summed E-state index contributed by atoms with van der Waals surface area (Å²) in [5.41, 5.74) is 2.40. The Balaban J connectivity index is 1.73. The van der Waals surface area contributed by atoms with Gasteiger partial charge in [0.25, 0.3) is 0 Å². The van der Waals surface area contributed by atoms with Crippen molar-refractivity contribution in [2.75, 3.05) is 36.5 Å². The van der Waals surface area contributed by atoms with Crippen LogP contribution in [0, 0.1) is 23.7 Å². The summed E-state index contributed by atoms with van der Waals surface area (Å²) in [6.45, 7) is 9.51. The third-order valence-corrected chi connectivity index (χ3v) is 8.30. The molecule has 0 saturated carbocycles. The number of rotatable bonds is 11. The Morgan fingerprint density at radius 3 is 2.25 bits per heavy atom. The molecule has 1 aliphatic carbocycles. The smallest absolute Gasteiger partial charge is 0.310 e. The largest absolute Gasteiger partial charge is 0.466 e. The summed E-state index contributed by atoms with van der Waals surface area (Å²) in [6, 6.07) is 15.2. The van der Waals surface area contributed by atoms with Crippen molar-refractivity contribution in [2.24, 2.45) is 23.7 Å². The number of likely N-dealkylation sites (tertiary alicyclic amines) is 1. The molecule has 40 heavy (non-hydrogen) atoms. The number of amides is 2. The molecule has 1 heterocycles. The van der Waals surface area contributed by atoms with E-state index in [-0.39, 0.29) is 30.9 Å². The van der Waals surface area contributed by atoms with Crippen LogP contribution in [0.1, 0.15) is 45.7 Å². The molecule has 214 valence electrons. The number of aliphatic hydroxyl groups is 1. The van der Waals surface area contributed by atoms with Gasteiger partial charge in [0, 0.05) is 30.4 Å². The molecule has 1 saturated heterocycles. The molecule has 0 bridgehead atoms. The van der Waals surface area contributed by atoms with E-state index in [0.717, 1.165) is 24.3 Å². The van der Waals surface area contributed by atoms with Gasteiger partial charge in [0.1, 0.15) is 6.04 Å². The molecule has 4 rings (SSSR count). The van der Waals surface area contributed by atoms with Crippen molar-refractivity contribution in [2.45, 2.75) is 46.2 Å². The number of benzene rings is 2. The van der Waals surface area contributed by atoms with E-state index in [1.54, 1.807) is 6.92 Å². The lowest BCUT2D eigenvalue weighted by Crippen LogP contribution is -2.46. The number of anilines is 2. The molecular formula is C32H41N3O5. The van der Waals surface area contributed by atoms with Gasteiger partial charge in [-0.15, -0.1) is 0 Å². The third-order valence-electron chi connectivity index (χ3n) is 8.30. The lowest BCUT2D eigenvalue weighted by atomic mass is 9.69. The Labute approximate surface area is 237 Å². The van der Waals surface area contributed by atoms with E-state index >= 15 is 0 Å². The Bertz CT molecular complexity index is 1190. The number of nitrogens with zero attached hydrogens (tertiary/aromatic N) is 2. The standard InChI is InChI=1S/C32H41N3O5/c1-5-21-14-19-25-28(27(21)32(39)40-8-4)31(38)35(26(20-36)22-12-10-9-11-13-22)29(25)30(37)33-23-15-17-24(18-16-23)34(6-2)7-3/h9-19,21,25-29,36H,5-8,20H2,1-4H3,(H,33,37)/t21-,25+,26-,27-,28-,29+/m1/s1. The number of allylic oxidation sites excluding steroid dienone is 1. The van der Waals surface area contributed by atoms with Crippen LogP contribution in [-0.4, -0.2) is 60.1 Å². The molecule has 1 aliphatic heterocycles. The van der Waals surface area contributed by atoms with Crippen LogP contribution in [0.2, 0.25) is 0 Å². The second-order valence-corrected chi connectivity index (χ2v) is 10.3. The molecule has 2 aromatic rings. The average molecular weight is 548 g/mol. The van der Waals surface area contributed by atoms with Crippen LogP contribution in [0.3, 0.4) is 0 Å². The lowest BCUT2D eigenvalue weighted by molar-refractivity contribution is -0.156. The van der Waals surface area contributed by atoms with Crippen molar-refractivity contribution in [3.63, 3.8) is 0 Å². The molecule has 2 aliphatic rings. The molecule has 0 unspecified atom stereocenters. The molecule has 2 aromatic carbocycles. The number of carbonyl (C=O) groups is 3. The average Bonchev–Trinajstić information content (AvgIpc) is 3.27. The van der Waals surface area contributed by atoms with Gasteiger partial charge in [-0.2, -0.15) is 0 Å². The van der Waals surface area contributed by atoms with Crippen LogP contribution in [0.5, 0.6) is 0 Å². The Morgan fingerprint density at radius 2 is 1.68 bits per heavy atom. The number of hydrogen-bond donors (Lipinski definition) is 2. The zero-order valence-corrected chi connectivity index (χ0v) is 23.8. The van der Waals surface area contributed by atoms with E-state index in [9.17, 15) is 19.5 Å². The minimum absolute atomic E-state index is 0.176. The van der Waals surface area contributed by atoms with E-state index in [2.05, 4.69) is 24.1 Å². The second-order valence-electron chi connectivity index (χ2n) is 10.3. The monoisotopic (exact) mass is 547 g/mol. The first-order chi connectivity index (χ1) is 19.4. The number of nitrogens with one attached hydrogen (secondary N) is 1. The van der Waals surface area contributed by atoms with Crippen LogP contribution in [-0.2, 0) is 19.1 Å². The quantitative estimate of drug-likeness (QED) is 0.319. The maximum absolute atomic E-state index is 14.2. The van der Waals surface area contributed by atoms with Crippen molar-refractivity contribution in [1.29, 1.82) is 0 Å². The van der Waals surface area contributed by atoms with E-state index < -0.39 is 35.8 Å². The molecule has 2 N–H and O–H groups in total. The van der Waals surface area contributed by atoms with Gasteiger partial charge < -0.3 is 25.0 Å². The Kier molecular flexibility index (Phi) is 9.63. The van der Waals surface area contributed by atoms with Crippen molar-refractivity contribution >= 4 is 29.2 Å². The summed E-state index contributed by atoms with van der Waals surface area (Å²) in [5.74, 6) is -3.26. The van der Waals surface area contributed by atoms with E-state index in [0.29, 0.717) is 12.1 Å². The predicted molar refractivity (Wildman–Crippen MR) is 156 cm³/mol. The fourth-order valence-corrected chi connectivity index (χ4v) is 6.32. The Morgan fingerprint density at radius 1 is 1.00 bits per heavy atom. The number of esters is 1. The number of ether oxygens (including phenoxy) is 1. The zero-order valence-electron chi connectivity index (χ0n) is 23.8. The highest BCUT2D eigenvalue weighted by molar-refractivity contribution is 6.02. The van der Waals surface area contributed by atoms with Crippen LogP contribution in [0.15, 0.2) is 66.7 Å². The molecule has 8 heteroatoms. The molecular weight excluding hydrogens is 506 g/mol. The molecule has 2 amide bonds. The Hall–Kier alpha value is -3.65. The SMILES string of the molecule is CCOC(=O)[C@H]1[C@@H]2C(=O)N([C@H](CO)c3ccccc3)[C@H](C(=O)Nc3ccc(N(CC)CC)cc3)[C@H]2C=C[C@H]1CC. The topological polar surface area (TPSA) is 99.2 Å². The predicted octanol–water partition coefficient (Wildman–Crippen LogP) is 4.42. The van der Waals surface area contributed by atoms with Gasteiger partial charge >= 0.3 is 5.97 Å². The van der Waals surface area contributed by atoms with Gasteiger partial charge in [-0.05, 0) is 62.9 Å². The van der Waals surface area contributed by atoms with E-state index in [1.165, 1.54) is 4.90 Å². The van der Waals surface area contributed by atoms with E-state index in [4.69, 9.17) is 4.74 Å². The maximum atomic E-state index is 14.2. The molecule has 1 fully saturated rings. The van der Waals surface area contributed by atoms with E-state index in [1.807, 2.05) is 73.7 Å².